The van der Waals surface area contributed by atoms with Crippen molar-refractivity contribution in [3.8, 4) is 5.75 Å². The SMILES string of the molecule is CCOc1ccccc1N(CCC(=O)NCc1ccccn1)S(C)(=O)=O. The van der Waals surface area contributed by atoms with Crippen LogP contribution in [0.4, 0.5) is 5.69 Å². The largest absolute Gasteiger partial charge is 0.492 e. The van der Waals surface area contributed by atoms with Crippen LogP contribution in [-0.2, 0) is 21.4 Å². The molecule has 0 atom stereocenters. The molecule has 1 N–H and O–H groups in total. The lowest BCUT2D eigenvalue weighted by Crippen LogP contribution is -2.34. The molecule has 2 aromatic rings. The minimum atomic E-state index is -3.56. The van der Waals surface area contributed by atoms with Crippen LogP contribution in [0.25, 0.3) is 0 Å². The van der Waals surface area contributed by atoms with E-state index in [0.29, 0.717) is 24.6 Å². The number of ether oxygens (including phenoxy) is 1. The summed E-state index contributed by atoms with van der Waals surface area (Å²) in [5.41, 5.74) is 1.16. The second kappa shape index (κ2) is 9.19. The summed E-state index contributed by atoms with van der Waals surface area (Å²) in [4.78, 5) is 16.2. The van der Waals surface area contributed by atoms with Crippen molar-refractivity contribution in [2.24, 2.45) is 0 Å². The molecule has 1 aromatic heterocycles. The summed E-state index contributed by atoms with van der Waals surface area (Å²) in [5.74, 6) is 0.215. The Kier molecular flexibility index (Phi) is 6.97. The fraction of sp³-hybridized carbons (Fsp3) is 0.333. The van der Waals surface area contributed by atoms with Crippen molar-refractivity contribution in [1.29, 1.82) is 0 Å². The van der Waals surface area contributed by atoms with Crippen LogP contribution in [0.15, 0.2) is 48.7 Å². The zero-order chi connectivity index (χ0) is 19.0. The number of carbonyl (C=O) groups is 1. The van der Waals surface area contributed by atoms with Gasteiger partial charge in [-0.1, -0.05) is 18.2 Å². The molecule has 0 bridgehead atoms. The van der Waals surface area contributed by atoms with Crippen molar-refractivity contribution in [1.82, 2.24) is 10.3 Å². The number of nitrogens with zero attached hydrogens (tertiary/aromatic N) is 2. The summed E-state index contributed by atoms with van der Waals surface area (Å²) in [7, 11) is -3.56. The number of aromatic nitrogens is 1. The van der Waals surface area contributed by atoms with Gasteiger partial charge in [0.2, 0.25) is 15.9 Å². The molecule has 0 aliphatic heterocycles. The van der Waals surface area contributed by atoms with E-state index in [1.807, 2.05) is 13.0 Å². The Bertz CT molecular complexity index is 825. The molecule has 0 radical (unpaired) electrons. The summed E-state index contributed by atoms with van der Waals surface area (Å²) in [5, 5.41) is 2.74. The summed E-state index contributed by atoms with van der Waals surface area (Å²) in [6.07, 6.45) is 2.79. The van der Waals surface area contributed by atoms with Crippen molar-refractivity contribution >= 4 is 21.6 Å². The topological polar surface area (TPSA) is 88.6 Å². The number of rotatable bonds is 9. The predicted octanol–water partition coefficient (Wildman–Crippen LogP) is 1.95. The lowest BCUT2D eigenvalue weighted by atomic mass is 10.2. The average Bonchev–Trinajstić information content (AvgIpc) is 2.61. The Morgan fingerprint density at radius 1 is 1.19 bits per heavy atom. The normalized spacial score (nSPS) is 11.0. The first-order valence-corrected chi connectivity index (χ1v) is 10.1. The Labute approximate surface area is 154 Å². The molecule has 0 aliphatic carbocycles. The van der Waals surface area contributed by atoms with Crippen LogP contribution in [0.5, 0.6) is 5.75 Å². The van der Waals surface area contributed by atoms with E-state index in [1.165, 1.54) is 4.31 Å². The highest BCUT2D eigenvalue weighted by Gasteiger charge is 2.21. The maximum absolute atomic E-state index is 12.2. The first-order valence-electron chi connectivity index (χ1n) is 8.28. The lowest BCUT2D eigenvalue weighted by molar-refractivity contribution is -0.121. The highest BCUT2D eigenvalue weighted by atomic mass is 32.2. The molecule has 8 heteroatoms. The van der Waals surface area contributed by atoms with Gasteiger partial charge in [-0.05, 0) is 31.2 Å². The predicted molar refractivity (Wildman–Crippen MR) is 101 cm³/mol. The monoisotopic (exact) mass is 377 g/mol. The molecular formula is C18H23N3O4S. The van der Waals surface area contributed by atoms with Gasteiger partial charge in [-0.25, -0.2) is 8.42 Å². The standard InChI is InChI=1S/C18H23N3O4S/c1-3-25-17-10-5-4-9-16(17)21(26(2,23)24)13-11-18(22)20-14-15-8-6-7-12-19-15/h4-10,12H,3,11,13-14H2,1-2H3,(H,20,22). The smallest absolute Gasteiger partial charge is 0.232 e. The van der Waals surface area contributed by atoms with E-state index in [4.69, 9.17) is 4.74 Å². The van der Waals surface area contributed by atoms with Gasteiger partial charge in [0.05, 0.1) is 30.8 Å². The molecule has 0 saturated carbocycles. The fourth-order valence-corrected chi connectivity index (χ4v) is 3.32. The second-order valence-corrected chi connectivity index (χ2v) is 7.49. The molecule has 140 valence electrons. The number of carbonyl (C=O) groups excluding carboxylic acids is 1. The third-order valence-corrected chi connectivity index (χ3v) is 4.75. The van der Waals surface area contributed by atoms with Crippen molar-refractivity contribution in [2.45, 2.75) is 19.9 Å². The van der Waals surface area contributed by atoms with Gasteiger partial charge < -0.3 is 10.1 Å². The molecule has 0 fully saturated rings. The number of benzene rings is 1. The number of amides is 1. The van der Waals surface area contributed by atoms with Gasteiger partial charge in [0.25, 0.3) is 0 Å². The fourth-order valence-electron chi connectivity index (χ4n) is 2.39. The zero-order valence-corrected chi connectivity index (χ0v) is 15.7. The zero-order valence-electron chi connectivity index (χ0n) is 14.9. The Hall–Kier alpha value is -2.61. The van der Waals surface area contributed by atoms with Gasteiger partial charge in [-0.15, -0.1) is 0 Å². The minimum absolute atomic E-state index is 0.0248. The average molecular weight is 377 g/mol. The molecule has 26 heavy (non-hydrogen) atoms. The van der Waals surface area contributed by atoms with Gasteiger partial charge in [0.1, 0.15) is 5.75 Å². The van der Waals surface area contributed by atoms with Gasteiger partial charge in [-0.2, -0.15) is 0 Å². The van der Waals surface area contributed by atoms with E-state index in [9.17, 15) is 13.2 Å². The van der Waals surface area contributed by atoms with E-state index < -0.39 is 10.0 Å². The van der Waals surface area contributed by atoms with Crippen LogP contribution in [-0.4, -0.2) is 38.7 Å². The lowest BCUT2D eigenvalue weighted by Gasteiger charge is -2.24. The maximum atomic E-state index is 12.2. The minimum Gasteiger partial charge on any atom is -0.492 e. The van der Waals surface area contributed by atoms with Gasteiger partial charge in [0, 0.05) is 19.2 Å². The van der Waals surface area contributed by atoms with E-state index in [2.05, 4.69) is 10.3 Å². The van der Waals surface area contributed by atoms with Gasteiger partial charge in [0.15, 0.2) is 0 Å². The molecule has 7 nitrogen and oxygen atoms in total. The van der Waals surface area contributed by atoms with Crippen LogP contribution in [0.1, 0.15) is 19.0 Å². The van der Waals surface area contributed by atoms with Crippen LogP contribution in [0.2, 0.25) is 0 Å². The van der Waals surface area contributed by atoms with E-state index >= 15 is 0 Å². The Balaban J connectivity index is 2.04. The van der Waals surface area contributed by atoms with Gasteiger partial charge >= 0.3 is 0 Å². The van der Waals surface area contributed by atoms with Crippen LogP contribution >= 0.6 is 0 Å². The first-order chi connectivity index (χ1) is 12.4. The number of anilines is 1. The van der Waals surface area contributed by atoms with Crippen LogP contribution in [0.3, 0.4) is 0 Å². The Morgan fingerprint density at radius 2 is 1.92 bits per heavy atom. The molecule has 0 aliphatic rings. The van der Waals surface area contributed by atoms with E-state index in [-0.39, 0.29) is 18.9 Å². The van der Waals surface area contributed by atoms with Crippen molar-refractivity contribution in [3.63, 3.8) is 0 Å². The number of pyridine rings is 1. The van der Waals surface area contributed by atoms with Gasteiger partial charge in [-0.3, -0.25) is 14.1 Å². The van der Waals surface area contributed by atoms with E-state index in [0.717, 1.165) is 11.9 Å². The molecule has 0 saturated heterocycles. The molecule has 1 amide bonds. The number of hydrogen-bond acceptors (Lipinski definition) is 5. The van der Waals surface area contributed by atoms with Crippen molar-refractivity contribution < 1.29 is 17.9 Å². The Morgan fingerprint density at radius 3 is 2.58 bits per heavy atom. The quantitative estimate of drug-likeness (QED) is 0.722. The molecule has 1 aromatic carbocycles. The second-order valence-electron chi connectivity index (χ2n) is 5.58. The third-order valence-electron chi connectivity index (χ3n) is 3.57. The van der Waals surface area contributed by atoms with Crippen LogP contribution < -0.4 is 14.4 Å². The van der Waals surface area contributed by atoms with Crippen molar-refractivity contribution in [3.05, 3.63) is 54.4 Å². The summed E-state index contributed by atoms with van der Waals surface area (Å²) in [6.45, 7) is 2.57. The summed E-state index contributed by atoms with van der Waals surface area (Å²) < 4.78 is 31.1. The van der Waals surface area contributed by atoms with E-state index in [1.54, 1.807) is 42.6 Å². The molecule has 2 rings (SSSR count). The van der Waals surface area contributed by atoms with Crippen LogP contribution in [0, 0.1) is 0 Å². The highest BCUT2D eigenvalue weighted by molar-refractivity contribution is 7.92. The number of para-hydroxylation sites is 2. The maximum Gasteiger partial charge on any atom is 0.232 e. The first kappa shape index (κ1) is 19.7. The molecule has 0 spiro atoms. The third kappa shape index (κ3) is 5.73. The summed E-state index contributed by atoms with van der Waals surface area (Å²) in [6, 6.07) is 12.3. The number of hydrogen-bond donors (Lipinski definition) is 1. The molecular weight excluding hydrogens is 354 g/mol. The summed E-state index contributed by atoms with van der Waals surface area (Å²) >= 11 is 0. The highest BCUT2D eigenvalue weighted by Crippen LogP contribution is 2.29. The number of nitrogens with one attached hydrogen (secondary N) is 1. The molecule has 0 unspecified atom stereocenters. The van der Waals surface area contributed by atoms with Crippen molar-refractivity contribution in [2.75, 3.05) is 23.7 Å². The molecule has 1 heterocycles. The number of sulfonamides is 1.